The lowest BCUT2D eigenvalue weighted by atomic mass is 10.1. The van der Waals surface area contributed by atoms with Crippen LogP contribution in [-0.2, 0) is 6.54 Å². The molecule has 3 heterocycles. The van der Waals surface area contributed by atoms with Crippen molar-refractivity contribution in [2.75, 3.05) is 13.1 Å². The molecule has 1 atom stereocenters. The fraction of sp³-hybridized carbons (Fsp3) is 0.350. The maximum Gasteiger partial charge on any atom is 0.254 e. The Balaban J connectivity index is 1.61. The van der Waals surface area contributed by atoms with Crippen LogP contribution in [0.2, 0.25) is 0 Å². The van der Waals surface area contributed by atoms with E-state index in [2.05, 4.69) is 16.5 Å². The molecule has 1 aliphatic heterocycles. The van der Waals surface area contributed by atoms with Crippen molar-refractivity contribution in [3.05, 3.63) is 59.5 Å². The summed E-state index contributed by atoms with van der Waals surface area (Å²) in [7, 11) is 0. The number of rotatable bonds is 3. The molecular weight excluding hydrogens is 312 g/mol. The molecule has 0 aliphatic carbocycles. The summed E-state index contributed by atoms with van der Waals surface area (Å²) >= 11 is 0. The standard InChI is InChI=1S/C20H22N4O/c1-3-24-18(22-17-9-6-11-21-19(17)24)15-10-12-23(13-15)20(25)16-8-5-4-7-14(16)2/h4-9,11,15H,3,10,12-13H2,1-2H3/t15-/m0/s1. The van der Waals surface area contributed by atoms with Gasteiger partial charge in [-0.3, -0.25) is 4.79 Å². The average molecular weight is 334 g/mol. The number of carbonyl (C=O) groups is 1. The van der Waals surface area contributed by atoms with Crippen molar-refractivity contribution in [2.45, 2.75) is 32.7 Å². The number of carbonyl (C=O) groups excluding carboxylic acids is 1. The maximum atomic E-state index is 12.9. The van der Waals surface area contributed by atoms with Crippen molar-refractivity contribution in [3.8, 4) is 0 Å². The van der Waals surface area contributed by atoms with Gasteiger partial charge in [-0.15, -0.1) is 0 Å². The molecule has 0 spiro atoms. The van der Waals surface area contributed by atoms with E-state index in [1.54, 1.807) is 0 Å². The van der Waals surface area contributed by atoms with Crippen LogP contribution in [0.15, 0.2) is 42.6 Å². The predicted molar refractivity (Wildman–Crippen MR) is 97.6 cm³/mol. The van der Waals surface area contributed by atoms with Gasteiger partial charge in [0.2, 0.25) is 0 Å². The number of aryl methyl sites for hydroxylation is 2. The van der Waals surface area contributed by atoms with Crippen LogP contribution in [-0.4, -0.2) is 38.4 Å². The van der Waals surface area contributed by atoms with E-state index in [9.17, 15) is 4.79 Å². The Labute approximate surface area is 147 Å². The van der Waals surface area contributed by atoms with Gasteiger partial charge < -0.3 is 9.47 Å². The Kier molecular flexibility index (Phi) is 3.99. The minimum absolute atomic E-state index is 0.123. The lowest BCUT2D eigenvalue weighted by molar-refractivity contribution is 0.0789. The van der Waals surface area contributed by atoms with Gasteiger partial charge in [-0.1, -0.05) is 18.2 Å². The van der Waals surface area contributed by atoms with Crippen LogP contribution >= 0.6 is 0 Å². The molecule has 25 heavy (non-hydrogen) atoms. The first-order valence-corrected chi connectivity index (χ1v) is 8.85. The van der Waals surface area contributed by atoms with E-state index in [4.69, 9.17) is 4.98 Å². The molecule has 0 N–H and O–H groups in total. The number of amides is 1. The average Bonchev–Trinajstić information content (AvgIpc) is 3.26. The molecule has 0 unspecified atom stereocenters. The molecule has 0 saturated carbocycles. The van der Waals surface area contributed by atoms with Gasteiger partial charge in [0.05, 0.1) is 0 Å². The van der Waals surface area contributed by atoms with E-state index in [0.717, 1.165) is 54.2 Å². The van der Waals surface area contributed by atoms with E-state index in [1.807, 2.05) is 54.4 Å². The quantitative estimate of drug-likeness (QED) is 0.738. The number of hydrogen-bond acceptors (Lipinski definition) is 3. The van der Waals surface area contributed by atoms with Crippen LogP contribution < -0.4 is 0 Å². The zero-order chi connectivity index (χ0) is 17.4. The molecule has 4 rings (SSSR count). The SMILES string of the molecule is CCn1c([C@H]2CCN(C(=O)c3ccccc3C)C2)nc2cccnc21. The van der Waals surface area contributed by atoms with Crippen molar-refractivity contribution in [2.24, 2.45) is 0 Å². The van der Waals surface area contributed by atoms with Gasteiger partial charge >= 0.3 is 0 Å². The molecule has 1 fully saturated rings. The number of fused-ring (bicyclic) bond motifs is 1. The summed E-state index contributed by atoms with van der Waals surface area (Å²) in [6.07, 6.45) is 2.75. The molecule has 3 aromatic rings. The highest BCUT2D eigenvalue weighted by atomic mass is 16.2. The highest BCUT2D eigenvalue weighted by Crippen LogP contribution is 2.30. The third kappa shape index (κ3) is 2.69. The number of hydrogen-bond donors (Lipinski definition) is 0. The Morgan fingerprint density at radius 2 is 2.08 bits per heavy atom. The van der Waals surface area contributed by atoms with Gasteiger partial charge in [0, 0.05) is 37.3 Å². The van der Waals surface area contributed by atoms with Crippen LogP contribution in [0.4, 0.5) is 0 Å². The van der Waals surface area contributed by atoms with Crippen molar-refractivity contribution >= 4 is 17.1 Å². The van der Waals surface area contributed by atoms with Crippen molar-refractivity contribution in [1.29, 1.82) is 0 Å². The monoisotopic (exact) mass is 334 g/mol. The van der Waals surface area contributed by atoms with E-state index < -0.39 is 0 Å². The fourth-order valence-electron chi connectivity index (χ4n) is 3.74. The Bertz CT molecular complexity index is 930. The lowest BCUT2D eigenvalue weighted by Gasteiger charge is -2.18. The molecule has 1 aromatic carbocycles. The Hall–Kier alpha value is -2.69. The third-order valence-corrected chi connectivity index (χ3v) is 5.07. The minimum Gasteiger partial charge on any atom is -0.338 e. The number of benzene rings is 1. The molecule has 1 aliphatic rings. The number of pyridine rings is 1. The van der Waals surface area contributed by atoms with Gasteiger partial charge in [0.25, 0.3) is 5.91 Å². The smallest absolute Gasteiger partial charge is 0.254 e. The summed E-state index contributed by atoms with van der Waals surface area (Å²) in [4.78, 5) is 24.1. The zero-order valence-corrected chi connectivity index (χ0v) is 14.6. The van der Waals surface area contributed by atoms with Crippen LogP contribution in [0.3, 0.4) is 0 Å². The zero-order valence-electron chi connectivity index (χ0n) is 14.6. The van der Waals surface area contributed by atoms with E-state index >= 15 is 0 Å². The van der Waals surface area contributed by atoms with Crippen molar-refractivity contribution < 1.29 is 4.79 Å². The summed E-state index contributed by atoms with van der Waals surface area (Å²) in [5, 5.41) is 0. The second-order valence-electron chi connectivity index (χ2n) is 6.61. The summed E-state index contributed by atoms with van der Waals surface area (Å²) < 4.78 is 2.18. The summed E-state index contributed by atoms with van der Waals surface area (Å²) in [6, 6.07) is 11.7. The third-order valence-electron chi connectivity index (χ3n) is 5.07. The minimum atomic E-state index is 0.123. The first-order chi connectivity index (χ1) is 12.2. The highest BCUT2D eigenvalue weighted by molar-refractivity contribution is 5.95. The van der Waals surface area contributed by atoms with Crippen LogP contribution in [0.5, 0.6) is 0 Å². The van der Waals surface area contributed by atoms with E-state index in [0.29, 0.717) is 0 Å². The molecule has 1 saturated heterocycles. The lowest BCUT2D eigenvalue weighted by Crippen LogP contribution is -2.29. The maximum absolute atomic E-state index is 12.9. The number of aromatic nitrogens is 3. The first kappa shape index (κ1) is 15.8. The van der Waals surface area contributed by atoms with Gasteiger partial charge in [-0.25, -0.2) is 9.97 Å². The molecule has 0 bridgehead atoms. The van der Waals surface area contributed by atoms with E-state index in [-0.39, 0.29) is 11.8 Å². The van der Waals surface area contributed by atoms with E-state index in [1.165, 1.54) is 0 Å². The molecule has 128 valence electrons. The summed E-state index contributed by atoms with van der Waals surface area (Å²) in [6.45, 7) is 6.44. The van der Waals surface area contributed by atoms with Crippen LogP contribution in [0.1, 0.15) is 41.0 Å². The summed E-state index contributed by atoms with van der Waals surface area (Å²) in [5.74, 6) is 1.44. The first-order valence-electron chi connectivity index (χ1n) is 8.85. The Morgan fingerprint density at radius 3 is 2.88 bits per heavy atom. The largest absolute Gasteiger partial charge is 0.338 e. The van der Waals surface area contributed by atoms with Gasteiger partial charge in [-0.05, 0) is 44.0 Å². The molecule has 0 radical (unpaired) electrons. The molecule has 5 nitrogen and oxygen atoms in total. The molecule has 5 heteroatoms. The predicted octanol–water partition coefficient (Wildman–Crippen LogP) is 3.39. The second kappa shape index (κ2) is 6.31. The number of likely N-dealkylation sites (tertiary alicyclic amines) is 1. The number of imidazole rings is 1. The second-order valence-corrected chi connectivity index (χ2v) is 6.61. The van der Waals surface area contributed by atoms with Crippen molar-refractivity contribution in [3.63, 3.8) is 0 Å². The summed E-state index contributed by atoms with van der Waals surface area (Å²) in [5.41, 5.74) is 3.70. The van der Waals surface area contributed by atoms with Gasteiger partial charge in [0.1, 0.15) is 11.3 Å². The normalized spacial score (nSPS) is 17.4. The fourth-order valence-corrected chi connectivity index (χ4v) is 3.74. The highest BCUT2D eigenvalue weighted by Gasteiger charge is 2.31. The van der Waals surface area contributed by atoms with Gasteiger partial charge in [-0.2, -0.15) is 0 Å². The van der Waals surface area contributed by atoms with Crippen LogP contribution in [0, 0.1) is 6.92 Å². The number of nitrogens with zero attached hydrogens (tertiary/aromatic N) is 4. The van der Waals surface area contributed by atoms with Gasteiger partial charge in [0.15, 0.2) is 5.65 Å². The molecule has 2 aromatic heterocycles. The van der Waals surface area contributed by atoms with Crippen molar-refractivity contribution in [1.82, 2.24) is 19.4 Å². The molecular formula is C20H22N4O. The Morgan fingerprint density at radius 1 is 1.24 bits per heavy atom. The topological polar surface area (TPSA) is 51.0 Å². The molecule has 1 amide bonds. The van der Waals surface area contributed by atoms with Crippen LogP contribution in [0.25, 0.3) is 11.2 Å².